The molecule has 0 N–H and O–H groups in total. The predicted octanol–water partition coefficient (Wildman–Crippen LogP) is 8.62. The smallest absolute Gasteiger partial charge is 0.369 e. The number of benzene rings is 2. The molecule has 0 aliphatic carbocycles. The van der Waals surface area contributed by atoms with Gasteiger partial charge in [-0.2, -0.15) is 36.5 Å². The molecule has 2 aliphatic rings. The summed E-state index contributed by atoms with van der Waals surface area (Å²) in [5, 5.41) is 7.73. The number of hydrogen-bond donors (Lipinski definition) is 0. The number of halogens is 10. The van der Waals surface area contributed by atoms with Crippen molar-refractivity contribution in [1.29, 1.82) is 0 Å². The number of carbonyl (C=O) groups excluding carboxylic acids is 1. The van der Waals surface area contributed by atoms with E-state index in [0.29, 0.717) is 62.4 Å². The standard InChI is InChI=1S/C37H40Cl4F6N8O/c1-21-17-25(5-7-27(21)38)50-9-13-52(14-10-50)29(19-54-23(3)31(40)34(48-54)36(42,43)44)33(56)30(20-55-24(4)32(41)35(49-55)37(45,46)47)53-15-11-51(12-16-53)26-6-8-28(39)22(2)18-26/h5-8,17-18,29-30H,9-16,19-20H2,1-4H3. The second-order valence-electron chi connectivity index (χ2n) is 14.2. The molecule has 2 unspecified atom stereocenters. The number of Topliss-reactive ketones (excluding diaryl/α,β-unsaturated/α-hetero) is 1. The lowest BCUT2D eigenvalue weighted by atomic mass is 9.99. The first kappa shape index (κ1) is 42.4. The van der Waals surface area contributed by atoms with Gasteiger partial charge in [0.15, 0.2) is 17.2 Å². The molecule has 2 aromatic heterocycles. The normalized spacial score (nSPS) is 17.5. The molecule has 0 amide bonds. The van der Waals surface area contributed by atoms with Gasteiger partial charge in [-0.15, -0.1) is 0 Å². The molecule has 4 heterocycles. The van der Waals surface area contributed by atoms with Crippen LogP contribution in [0, 0.1) is 27.7 Å². The monoisotopic (exact) mass is 866 g/mol. The summed E-state index contributed by atoms with van der Waals surface area (Å²) in [6.45, 7) is 9.31. The summed E-state index contributed by atoms with van der Waals surface area (Å²) < 4.78 is 85.9. The first-order chi connectivity index (χ1) is 26.2. The van der Waals surface area contributed by atoms with Crippen LogP contribution in [0.25, 0.3) is 0 Å². The van der Waals surface area contributed by atoms with Gasteiger partial charge < -0.3 is 9.80 Å². The molecule has 2 aromatic carbocycles. The molecule has 19 heteroatoms. The molecule has 6 rings (SSSR count). The number of ketones is 1. The highest BCUT2D eigenvalue weighted by atomic mass is 35.5. The molecule has 0 bridgehead atoms. The van der Waals surface area contributed by atoms with Crippen molar-refractivity contribution >= 4 is 63.6 Å². The second kappa shape index (κ2) is 16.6. The van der Waals surface area contributed by atoms with Gasteiger partial charge in [0.05, 0.1) is 46.6 Å². The first-order valence-electron chi connectivity index (χ1n) is 17.9. The van der Waals surface area contributed by atoms with Gasteiger partial charge in [0.2, 0.25) is 0 Å². The summed E-state index contributed by atoms with van der Waals surface area (Å²) in [5.74, 6) is -0.407. The maximum Gasteiger partial charge on any atom is 0.436 e. The van der Waals surface area contributed by atoms with Gasteiger partial charge in [-0.3, -0.25) is 24.0 Å². The summed E-state index contributed by atoms with van der Waals surface area (Å²) in [6.07, 6.45) is -9.68. The first-order valence-corrected chi connectivity index (χ1v) is 19.4. The molecular formula is C37H40Cl4F6N8O. The third-order valence-electron chi connectivity index (χ3n) is 10.7. The zero-order valence-electron chi connectivity index (χ0n) is 31.0. The summed E-state index contributed by atoms with van der Waals surface area (Å²) >= 11 is 24.8. The number of nitrogens with zero attached hydrogens (tertiary/aromatic N) is 8. The molecule has 4 aromatic rings. The Bertz CT molecular complexity index is 1930. The van der Waals surface area contributed by atoms with Gasteiger partial charge in [-0.05, 0) is 75.2 Å². The SMILES string of the molecule is Cc1cc(N2CCN(C(Cn3nc(C(F)(F)F)c(Cl)c3C)C(=O)C(Cn3nc(C(F)(F)F)c(Cl)c3C)N3CCN(c4ccc(Cl)c(C)c4)CC3)CC2)ccc1Cl. The number of anilines is 2. The van der Waals surface area contributed by atoms with E-state index in [1.807, 2.05) is 47.9 Å². The Hall–Kier alpha value is -3.21. The van der Waals surface area contributed by atoms with Crippen molar-refractivity contribution in [3.05, 3.63) is 90.4 Å². The Balaban J connectivity index is 1.35. The van der Waals surface area contributed by atoms with Gasteiger partial charge in [0, 0.05) is 73.8 Å². The quantitative estimate of drug-likeness (QED) is 0.148. The molecule has 0 spiro atoms. The van der Waals surface area contributed by atoms with Crippen molar-refractivity contribution in [3.8, 4) is 0 Å². The number of alkyl halides is 6. The number of carbonyl (C=O) groups is 1. The van der Waals surface area contributed by atoms with Crippen LogP contribution in [-0.2, 0) is 30.2 Å². The Morgan fingerprint density at radius 3 is 1.23 bits per heavy atom. The Kier molecular flexibility index (Phi) is 12.5. The lowest BCUT2D eigenvalue weighted by Crippen LogP contribution is -2.61. The fourth-order valence-electron chi connectivity index (χ4n) is 7.32. The summed E-state index contributed by atoms with van der Waals surface area (Å²) in [6, 6.07) is 9.24. The number of aromatic nitrogens is 4. The highest BCUT2D eigenvalue weighted by molar-refractivity contribution is 6.32. The van der Waals surface area contributed by atoms with Crippen LogP contribution in [0.15, 0.2) is 36.4 Å². The van der Waals surface area contributed by atoms with Gasteiger partial charge in [0.25, 0.3) is 0 Å². The van der Waals surface area contributed by atoms with E-state index in [1.165, 1.54) is 13.8 Å². The summed E-state index contributed by atoms with van der Waals surface area (Å²) in [5.41, 5.74) is 1.16. The zero-order chi connectivity index (χ0) is 40.9. The topological polar surface area (TPSA) is 65.7 Å². The van der Waals surface area contributed by atoms with Gasteiger partial charge in [-0.25, -0.2) is 0 Å². The van der Waals surface area contributed by atoms with Crippen molar-refractivity contribution in [1.82, 2.24) is 29.4 Å². The van der Waals surface area contributed by atoms with Crippen LogP contribution < -0.4 is 9.80 Å². The highest BCUT2D eigenvalue weighted by Crippen LogP contribution is 2.37. The molecule has 56 heavy (non-hydrogen) atoms. The molecule has 304 valence electrons. The molecule has 2 aliphatic heterocycles. The molecule has 2 fully saturated rings. The lowest BCUT2D eigenvalue weighted by Gasteiger charge is -2.43. The largest absolute Gasteiger partial charge is 0.436 e. The van der Waals surface area contributed by atoms with Gasteiger partial charge >= 0.3 is 12.4 Å². The van der Waals surface area contributed by atoms with Crippen LogP contribution in [0.4, 0.5) is 37.7 Å². The molecular weight excluding hydrogens is 828 g/mol. The Morgan fingerprint density at radius 2 is 0.946 bits per heavy atom. The van der Waals surface area contributed by atoms with E-state index in [-0.39, 0.29) is 24.5 Å². The molecule has 2 saturated heterocycles. The molecule has 0 radical (unpaired) electrons. The van der Waals surface area contributed by atoms with E-state index in [2.05, 4.69) is 20.0 Å². The van der Waals surface area contributed by atoms with Crippen molar-refractivity contribution in [2.24, 2.45) is 0 Å². The third kappa shape index (κ3) is 8.92. The molecule has 0 saturated carbocycles. The van der Waals surface area contributed by atoms with Crippen LogP contribution in [0.2, 0.25) is 20.1 Å². The lowest BCUT2D eigenvalue weighted by molar-refractivity contribution is -0.142. The molecule has 9 nitrogen and oxygen atoms in total. The van der Waals surface area contributed by atoms with E-state index in [1.54, 1.807) is 12.1 Å². The van der Waals surface area contributed by atoms with E-state index in [4.69, 9.17) is 46.4 Å². The average molecular weight is 869 g/mol. The van der Waals surface area contributed by atoms with E-state index >= 15 is 4.79 Å². The maximum absolute atomic E-state index is 15.2. The van der Waals surface area contributed by atoms with E-state index in [9.17, 15) is 26.3 Å². The number of piperazine rings is 2. The average Bonchev–Trinajstić information content (AvgIpc) is 3.61. The van der Waals surface area contributed by atoms with Crippen LogP contribution in [0.3, 0.4) is 0 Å². The van der Waals surface area contributed by atoms with Crippen LogP contribution in [0.1, 0.15) is 33.9 Å². The summed E-state index contributed by atoms with van der Waals surface area (Å²) in [7, 11) is 0. The maximum atomic E-state index is 15.2. The van der Waals surface area contributed by atoms with Crippen LogP contribution in [0.5, 0.6) is 0 Å². The van der Waals surface area contributed by atoms with Crippen molar-refractivity contribution in [2.45, 2.75) is 65.2 Å². The number of hydrogen-bond acceptors (Lipinski definition) is 7. The highest BCUT2D eigenvalue weighted by Gasteiger charge is 2.43. The Labute approximate surface area is 340 Å². The second-order valence-corrected chi connectivity index (χ2v) is 15.8. The third-order valence-corrected chi connectivity index (χ3v) is 12.4. The number of aryl methyl sites for hydroxylation is 2. The minimum Gasteiger partial charge on any atom is -0.369 e. The predicted molar refractivity (Wildman–Crippen MR) is 206 cm³/mol. The fraction of sp³-hybridized carbons (Fsp3) is 0.486. The van der Waals surface area contributed by atoms with Crippen molar-refractivity contribution < 1.29 is 31.1 Å². The zero-order valence-corrected chi connectivity index (χ0v) is 34.0. The van der Waals surface area contributed by atoms with E-state index < -0.39 is 51.7 Å². The minimum atomic E-state index is -4.84. The summed E-state index contributed by atoms with van der Waals surface area (Å²) in [4.78, 5) is 23.2. The van der Waals surface area contributed by atoms with Crippen molar-refractivity contribution in [2.75, 3.05) is 62.2 Å². The van der Waals surface area contributed by atoms with Crippen molar-refractivity contribution in [3.63, 3.8) is 0 Å². The van der Waals surface area contributed by atoms with Gasteiger partial charge in [-0.1, -0.05) is 46.4 Å². The van der Waals surface area contributed by atoms with Crippen LogP contribution >= 0.6 is 46.4 Å². The minimum absolute atomic E-state index is 0.0278. The molecule has 2 atom stereocenters. The number of rotatable bonds is 10. The van der Waals surface area contributed by atoms with Gasteiger partial charge in [0.1, 0.15) is 0 Å². The fourth-order valence-corrected chi connectivity index (χ4v) is 8.04. The Morgan fingerprint density at radius 1 is 0.607 bits per heavy atom. The van der Waals surface area contributed by atoms with E-state index in [0.717, 1.165) is 31.9 Å². The van der Waals surface area contributed by atoms with Crippen LogP contribution in [-0.4, -0.2) is 99.6 Å².